The van der Waals surface area contributed by atoms with Crippen molar-refractivity contribution in [3.8, 4) is 0 Å². The monoisotopic (exact) mass is 244 g/mol. The van der Waals surface area contributed by atoms with Gasteiger partial charge in [-0.3, -0.25) is 0 Å². The molecule has 0 unspecified atom stereocenters. The molecule has 2 N–H and O–H groups in total. The first-order valence-corrected chi connectivity index (χ1v) is 6.32. The molecule has 0 amide bonds. The van der Waals surface area contributed by atoms with Gasteiger partial charge in [0.15, 0.2) is 0 Å². The summed E-state index contributed by atoms with van der Waals surface area (Å²) in [5.41, 5.74) is 3.05. The zero-order valence-corrected chi connectivity index (χ0v) is 10.00. The van der Waals surface area contributed by atoms with Gasteiger partial charge in [-0.2, -0.15) is 15.4 Å². The second-order valence-electron chi connectivity index (χ2n) is 3.83. The number of rotatable bonds is 4. The Balaban J connectivity index is 1.64. The first kappa shape index (κ1) is 10.4. The van der Waals surface area contributed by atoms with Crippen LogP contribution in [0.3, 0.4) is 0 Å². The van der Waals surface area contributed by atoms with Crippen molar-refractivity contribution in [1.29, 1.82) is 0 Å². The van der Waals surface area contributed by atoms with Gasteiger partial charge in [-0.25, -0.2) is 0 Å². The Labute approximate surface area is 103 Å². The molecule has 0 aliphatic carbocycles. The van der Waals surface area contributed by atoms with E-state index in [-0.39, 0.29) is 0 Å². The van der Waals surface area contributed by atoms with E-state index in [4.69, 9.17) is 0 Å². The molecule has 0 atom stereocenters. The summed E-state index contributed by atoms with van der Waals surface area (Å²) in [5.74, 6) is 0. The van der Waals surface area contributed by atoms with Crippen LogP contribution in [0.5, 0.6) is 0 Å². The zero-order valence-electron chi connectivity index (χ0n) is 9.18. The molecule has 0 fully saturated rings. The van der Waals surface area contributed by atoms with E-state index in [1.54, 1.807) is 11.3 Å². The summed E-state index contributed by atoms with van der Waals surface area (Å²) in [6.45, 7) is 1.76. The highest BCUT2D eigenvalue weighted by atomic mass is 32.1. The molecule has 2 heterocycles. The minimum Gasteiger partial charge on any atom is -0.308 e. The fourth-order valence-electron chi connectivity index (χ4n) is 1.74. The first-order chi connectivity index (χ1) is 8.42. The van der Waals surface area contributed by atoms with Crippen LogP contribution in [-0.2, 0) is 13.1 Å². The van der Waals surface area contributed by atoms with Crippen LogP contribution in [0.25, 0.3) is 11.0 Å². The molecule has 0 radical (unpaired) electrons. The maximum absolute atomic E-state index is 4.08. The summed E-state index contributed by atoms with van der Waals surface area (Å²) >= 11 is 1.77. The van der Waals surface area contributed by atoms with E-state index in [9.17, 15) is 0 Å². The summed E-state index contributed by atoms with van der Waals surface area (Å²) in [6, 6.07) is 10.3. The van der Waals surface area contributed by atoms with Crippen molar-refractivity contribution in [3.05, 3.63) is 46.2 Å². The van der Waals surface area contributed by atoms with Crippen molar-refractivity contribution < 1.29 is 0 Å². The molecule has 4 nitrogen and oxygen atoms in total. The number of hydrogen-bond donors (Lipinski definition) is 2. The number of aromatic nitrogens is 3. The minimum atomic E-state index is 0.848. The van der Waals surface area contributed by atoms with Crippen LogP contribution in [0.4, 0.5) is 0 Å². The lowest BCUT2D eigenvalue weighted by molar-refractivity contribution is 0.701. The SMILES string of the molecule is c1csc(CNCc2ccc3n[nH]nc3c2)c1. The number of nitrogens with zero attached hydrogens (tertiary/aromatic N) is 2. The second-order valence-corrected chi connectivity index (χ2v) is 4.86. The fourth-order valence-corrected chi connectivity index (χ4v) is 2.41. The number of fused-ring (bicyclic) bond motifs is 1. The third-order valence-electron chi connectivity index (χ3n) is 2.59. The average molecular weight is 244 g/mol. The zero-order chi connectivity index (χ0) is 11.5. The predicted octanol–water partition coefficient (Wildman–Crippen LogP) is 2.31. The normalized spacial score (nSPS) is 11.1. The lowest BCUT2D eigenvalue weighted by Crippen LogP contribution is -2.11. The van der Waals surface area contributed by atoms with Crippen molar-refractivity contribution in [2.75, 3.05) is 0 Å². The molecule has 17 heavy (non-hydrogen) atoms. The van der Waals surface area contributed by atoms with Gasteiger partial charge < -0.3 is 5.32 Å². The van der Waals surface area contributed by atoms with Gasteiger partial charge in [-0.05, 0) is 29.1 Å². The molecule has 86 valence electrons. The molecule has 0 bridgehead atoms. The molecular weight excluding hydrogens is 232 g/mol. The summed E-state index contributed by atoms with van der Waals surface area (Å²) in [4.78, 5) is 1.35. The summed E-state index contributed by atoms with van der Waals surface area (Å²) in [5, 5.41) is 16.2. The van der Waals surface area contributed by atoms with Crippen LogP contribution in [-0.4, -0.2) is 15.4 Å². The Morgan fingerprint density at radius 3 is 2.94 bits per heavy atom. The van der Waals surface area contributed by atoms with Crippen LogP contribution in [0.15, 0.2) is 35.7 Å². The Morgan fingerprint density at radius 1 is 1.12 bits per heavy atom. The summed E-state index contributed by atoms with van der Waals surface area (Å²) in [6.07, 6.45) is 0. The largest absolute Gasteiger partial charge is 0.308 e. The molecule has 0 aliphatic rings. The molecule has 0 aliphatic heterocycles. The molecule has 2 aromatic heterocycles. The van der Waals surface area contributed by atoms with Gasteiger partial charge in [0, 0.05) is 18.0 Å². The lowest BCUT2D eigenvalue weighted by atomic mass is 10.2. The Kier molecular flexibility index (Phi) is 2.85. The highest BCUT2D eigenvalue weighted by Gasteiger charge is 2.00. The smallest absolute Gasteiger partial charge is 0.113 e. The molecule has 0 saturated carbocycles. The topological polar surface area (TPSA) is 53.6 Å². The lowest BCUT2D eigenvalue weighted by Gasteiger charge is -2.02. The highest BCUT2D eigenvalue weighted by Crippen LogP contribution is 2.11. The van der Waals surface area contributed by atoms with E-state index < -0.39 is 0 Å². The fraction of sp³-hybridized carbons (Fsp3) is 0.167. The van der Waals surface area contributed by atoms with Crippen molar-refractivity contribution in [2.24, 2.45) is 0 Å². The Morgan fingerprint density at radius 2 is 2.06 bits per heavy atom. The number of thiophene rings is 1. The van der Waals surface area contributed by atoms with E-state index >= 15 is 0 Å². The number of nitrogens with one attached hydrogen (secondary N) is 2. The number of H-pyrrole nitrogens is 1. The number of benzene rings is 1. The van der Waals surface area contributed by atoms with Gasteiger partial charge in [-0.15, -0.1) is 11.3 Å². The van der Waals surface area contributed by atoms with Gasteiger partial charge in [0.05, 0.1) is 0 Å². The van der Waals surface area contributed by atoms with E-state index in [1.165, 1.54) is 10.4 Å². The molecule has 3 rings (SSSR count). The second kappa shape index (κ2) is 4.65. The standard InChI is InChI=1S/C12H12N4S/c1-2-10(17-5-1)8-13-7-9-3-4-11-12(6-9)15-16-14-11/h1-6,13H,7-8H2,(H,14,15,16). The summed E-state index contributed by atoms with van der Waals surface area (Å²) < 4.78 is 0. The van der Waals surface area contributed by atoms with Crippen LogP contribution in [0, 0.1) is 0 Å². The maximum atomic E-state index is 4.08. The van der Waals surface area contributed by atoms with Gasteiger partial charge in [0.25, 0.3) is 0 Å². The average Bonchev–Trinajstić information content (AvgIpc) is 2.98. The molecular formula is C12H12N4S. The molecule has 3 aromatic rings. The van der Waals surface area contributed by atoms with Crippen LogP contribution >= 0.6 is 11.3 Å². The first-order valence-electron chi connectivity index (χ1n) is 5.44. The van der Waals surface area contributed by atoms with Crippen molar-refractivity contribution in [2.45, 2.75) is 13.1 Å². The Hall–Kier alpha value is -1.72. The van der Waals surface area contributed by atoms with Crippen molar-refractivity contribution in [1.82, 2.24) is 20.7 Å². The molecule has 0 saturated heterocycles. The van der Waals surface area contributed by atoms with Crippen LogP contribution < -0.4 is 5.32 Å². The third kappa shape index (κ3) is 2.35. The van der Waals surface area contributed by atoms with Gasteiger partial charge in [-0.1, -0.05) is 12.1 Å². The molecule has 1 aromatic carbocycles. The minimum absolute atomic E-state index is 0.848. The van der Waals surface area contributed by atoms with Crippen LogP contribution in [0.2, 0.25) is 0 Å². The number of hydrogen-bond acceptors (Lipinski definition) is 4. The Bertz CT molecular complexity index is 600. The van der Waals surface area contributed by atoms with Gasteiger partial charge >= 0.3 is 0 Å². The van der Waals surface area contributed by atoms with E-state index in [1.807, 2.05) is 6.07 Å². The van der Waals surface area contributed by atoms with E-state index in [0.29, 0.717) is 0 Å². The van der Waals surface area contributed by atoms with E-state index in [0.717, 1.165) is 24.1 Å². The maximum Gasteiger partial charge on any atom is 0.113 e. The quantitative estimate of drug-likeness (QED) is 0.740. The number of aromatic amines is 1. The molecule has 5 heteroatoms. The van der Waals surface area contributed by atoms with Crippen LogP contribution in [0.1, 0.15) is 10.4 Å². The third-order valence-corrected chi connectivity index (χ3v) is 3.47. The van der Waals surface area contributed by atoms with Crippen molar-refractivity contribution in [3.63, 3.8) is 0 Å². The highest BCUT2D eigenvalue weighted by molar-refractivity contribution is 7.09. The van der Waals surface area contributed by atoms with Gasteiger partial charge in [0.1, 0.15) is 11.0 Å². The molecule has 0 spiro atoms. The van der Waals surface area contributed by atoms with Gasteiger partial charge in [0.2, 0.25) is 0 Å². The predicted molar refractivity (Wildman–Crippen MR) is 68.8 cm³/mol. The van der Waals surface area contributed by atoms with Crippen molar-refractivity contribution >= 4 is 22.4 Å². The summed E-state index contributed by atoms with van der Waals surface area (Å²) in [7, 11) is 0. The van der Waals surface area contributed by atoms with E-state index in [2.05, 4.69) is 50.4 Å².